The molecule has 3 aromatic rings. The van der Waals surface area contributed by atoms with Crippen LogP contribution in [0.3, 0.4) is 0 Å². The highest BCUT2D eigenvalue weighted by Gasteiger charge is 2.30. The molecule has 9 heteroatoms. The van der Waals surface area contributed by atoms with Gasteiger partial charge in [0.05, 0.1) is 16.0 Å². The van der Waals surface area contributed by atoms with Crippen LogP contribution in [0.15, 0.2) is 52.2 Å². The summed E-state index contributed by atoms with van der Waals surface area (Å²) in [6, 6.07) is 12.2. The molecule has 1 fully saturated rings. The molecule has 2 aromatic carbocycles. The van der Waals surface area contributed by atoms with Gasteiger partial charge in [-0.1, -0.05) is 24.6 Å². The van der Waals surface area contributed by atoms with Gasteiger partial charge in [-0.3, -0.25) is 9.59 Å². The van der Waals surface area contributed by atoms with Crippen molar-refractivity contribution in [2.24, 2.45) is 0 Å². The second-order valence-corrected chi connectivity index (χ2v) is 10.6. The van der Waals surface area contributed by atoms with E-state index >= 15 is 0 Å². The van der Waals surface area contributed by atoms with Crippen LogP contribution in [-0.2, 0) is 27.8 Å². The van der Waals surface area contributed by atoms with Crippen molar-refractivity contribution in [1.82, 2.24) is 14.1 Å². The molecule has 8 nitrogen and oxygen atoms in total. The zero-order chi connectivity index (χ0) is 23.2. The third kappa shape index (κ3) is 3.85. The average molecular weight is 467 g/mol. The second-order valence-electron chi connectivity index (χ2n) is 8.64. The summed E-state index contributed by atoms with van der Waals surface area (Å²) < 4.78 is 28.8. The van der Waals surface area contributed by atoms with Crippen molar-refractivity contribution in [2.45, 2.75) is 44.0 Å². The van der Waals surface area contributed by atoms with E-state index in [0.29, 0.717) is 42.8 Å². The van der Waals surface area contributed by atoms with Gasteiger partial charge in [0.1, 0.15) is 6.54 Å². The second kappa shape index (κ2) is 8.39. The smallest absolute Gasteiger partial charge is 0.275 e. The zero-order valence-electron chi connectivity index (χ0n) is 18.5. The summed E-state index contributed by atoms with van der Waals surface area (Å²) in [6.07, 6.45) is 3.40. The number of fused-ring (bicyclic) bond motifs is 2. The first-order chi connectivity index (χ1) is 15.9. The Hall–Kier alpha value is -3.04. The molecule has 0 bridgehead atoms. The summed E-state index contributed by atoms with van der Waals surface area (Å²) >= 11 is 0. The molecule has 1 amide bonds. The topological polar surface area (TPSA) is 92.6 Å². The van der Waals surface area contributed by atoms with Crippen molar-refractivity contribution in [3.8, 4) is 0 Å². The van der Waals surface area contributed by atoms with Crippen molar-refractivity contribution in [3.63, 3.8) is 0 Å². The number of rotatable bonds is 4. The number of amides is 1. The van der Waals surface area contributed by atoms with Crippen LogP contribution in [0.2, 0.25) is 0 Å². The number of nitrogens with zero attached hydrogens (tertiary/aromatic N) is 4. The molecule has 3 heterocycles. The predicted molar refractivity (Wildman–Crippen MR) is 126 cm³/mol. The van der Waals surface area contributed by atoms with E-state index in [1.807, 2.05) is 19.1 Å². The van der Waals surface area contributed by atoms with E-state index in [2.05, 4.69) is 5.10 Å². The normalized spacial score (nSPS) is 16.8. The predicted octanol–water partition coefficient (Wildman–Crippen LogP) is 2.47. The van der Waals surface area contributed by atoms with Gasteiger partial charge in [-0.2, -0.15) is 9.40 Å². The molecule has 0 atom stereocenters. The Morgan fingerprint density at radius 1 is 1.00 bits per heavy atom. The Balaban J connectivity index is 1.40. The first kappa shape index (κ1) is 21.8. The Labute approximate surface area is 192 Å². The summed E-state index contributed by atoms with van der Waals surface area (Å²) in [5, 5.41) is 5.65. The van der Waals surface area contributed by atoms with E-state index < -0.39 is 10.0 Å². The van der Waals surface area contributed by atoms with Crippen molar-refractivity contribution in [3.05, 3.63) is 64.1 Å². The molecule has 2 aliphatic heterocycles. The van der Waals surface area contributed by atoms with E-state index in [-0.39, 0.29) is 22.9 Å². The largest absolute Gasteiger partial charge is 0.310 e. The maximum atomic E-state index is 13.1. The summed E-state index contributed by atoms with van der Waals surface area (Å²) in [5.74, 6) is -0.246. The molecule has 0 unspecified atom stereocenters. The molecule has 1 saturated heterocycles. The van der Waals surface area contributed by atoms with Crippen LogP contribution < -0.4 is 10.5 Å². The van der Waals surface area contributed by atoms with Crippen LogP contribution in [0.25, 0.3) is 10.8 Å². The highest BCUT2D eigenvalue weighted by atomic mass is 32.2. The maximum Gasteiger partial charge on any atom is 0.275 e. The quantitative estimate of drug-likeness (QED) is 0.589. The number of benzene rings is 2. The fourth-order valence-corrected chi connectivity index (χ4v) is 6.35. The van der Waals surface area contributed by atoms with Gasteiger partial charge < -0.3 is 4.90 Å². The number of carbonyl (C=O) groups is 1. The van der Waals surface area contributed by atoms with Gasteiger partial charge in [-0.05, 0) is 56.0 Å². The Morgan fingerprint density at radius 2 is 1.73 bits per heavy atom. The maximum absolute atomic E-state index is 13.1. The minimum absolute atomic E-state index is 0.169. The lowest BCUT2D eigenvalue weighted by Gasteiger charge is -2.26. The molecule has 33 heavy (non-hydrogen) atoms. The number of hydrogen-bond acceptors (Lipinski definition) is 5. The monoisotopic (exact) mass is 466 g/mol. The van der Waals surface area contributed by atoms with Crippen molar-refractivity contribution in [2.75, 3.05) is 24.5 Å². The van der Waals surface area contributed by atoms with Crippen LogP contribution >= 0.6 is 0 Å². The van der Waals surface area contributed by atoms with E-state index in [1.165, 1.54) is 4.68 Å². The number of aryl methyl sites for hydroxylation is 1. The van der Waals surface area contributed by atoms with E-state index in [1.54, 1.807) is 39.5 Å². The lowest BCUT2D eigenvalue weighted by Crippen LogP contribution is -2.37. The van der Waals surface area contributed by atoms with E-state index in [0.717, 1.165) is 30.2 Å². The first-order valence-corrected chi connectivity index (χ1v) is 12.7. The standard InChI is InChI=1S/C24H26N4O4S/c1-17-20-7-3-4-8-21(20)24(30)28(25-17)16-23(29)27-14-11-18-15-19(9-10-22(18)27)33(31,32)26-12-5-2-6-13-26/h3-4,7-10,15H,2,5-6,11-14,16H2,1H3. The molecule has 172 valence electrons. The molecule has 0 saturated carbocycles. The van der Waals surface area contributed by atoms with Gasteiger partial charge in [-0.25, -0.2) is 13.1 Å². The molecule has 1 aromatic heterocycles. The summed E-state index contributed by atoms with van der Waals surface area (Å²) in [4.78, 5) is 27.8. The average Bonchev–Trinajstić information content (AvgIpc) is 3.26. The number of aromatic nitrogens is 2. The number of sulfonamides is 1. The third-order valence-corrected chi connectivity index (χ3v) is 8.43. The molecular weight excluding hydrogens is 440 g/mol. The molecule has 0 N–H and O–H groups in total. The number of piperidine rings is 1. The summed E-state index contributed by atoms with van der Waals surface area (Å²) in [5.41, 5.74) is 1.92. The number of anilines is 1. The summed E-state index contributed by atoms with van der Waals surface area (Å²) in [6.45, 7) is 3.20. The highest BCUT2D eigenvalue weighted by molar-refractivity contribution is 7.89. The Kier molecular flexibility index (Phi) is 5.54. The fraction of sp³-hybridized carbons (Fsp3) is 0.375. The Morgan fingerprint density at radius 3 is 2.48 bits per heavy atom. The highest BCUT2D eigenvalue weighted by Crippen LogP contribution is 2.32. The molecule has 0 aliphatic carbocycles. The van der Waals surface area contributed by atoms with Gasteiger partial charge in [0.15, 0.2) is 0 Å². The van der Waals surface area contributed by atoms with E-state index in [4.69, 9.17) is 0 Å². The molecule has 0 spiro atoms. The van der Waals surface area contributed by atoms with Gasteiger partial charge in [0, 0.05) is 30.7 Å². The SMILES string of the molecule is Cc1nn(CC(=O)N2CCc3cc(S(=O)(=O)N4CCCCC4)ccc32)c(=O)c2ccccc12. The van der Waals surface area contributed by atoms with Gasteiger partial charge in [-0.15, -0.1) is 0 Å². The van der Waals surface area contributed by atoms with Gasteiger partial charge in [0.25, 0.3) is 5.56 Å². The first-order valence-electron chi connectivity index (χ1n) is 11.3. The molecular formula is C24H26N4O4S. The fourth-order valence-electron chi connectivity index (χ4n) is 4.78. The van der Waals surface area contributed by atoms with Crippen LogP contribution in [0.5, 0.6) is 0 Å². The Bertz CT molecular complexity index is 1410. The zero-order valence-corrected chi connectivity index (χ0v) is 19.3. The third-order valence-electron chi connectivity index (χ3n) is 6.54. The van der Waals surface area contributed by atoms with Crippen LogP contribution in [0.4, 0.5) is 5.69 Å². The number of hydrogen-bond donors (Lipinski definition) is 0. The van der Waals surface area contributed by atoms with Crippen molar-refractivity contribution >= 4 is 32.4 Å². The lowest BCUT2D eigenvalue weighted by atomic mass is 10.1. The molecule has 2 aliphatic rings. The van der Waals surface area contributed by atoms with Gasteiger partial charge >= 0.3 is 0 Å². The van der Waals surface area contributed by atoms with E-state index in [9.17, 15) is 18.0 Å². The lowest BCUT2D eigenvalue weighted by molar-refractivity contribution is -0.119. The van der Waals surface area contributed by atoms with Crippen LogP contribution in [-0.4, -0.2) is 48.0 Å². The minimum Gasteiger partial charge on any atom is -0.310 e. The van der Waals surface area contributed by atoms with Crippen molar-refractivity contribution < 1.29 is 13.2 Å². The minimum atomic E-state index is -3.53. The molecule has 5 rings (SSSR count). The van der Waals surface area contributed by atoms with Crippen LogP contribution in [0.1, 0.15) is 30.5 Å². The van der Waals surface area contributed by atoms with Gasteiger partial charge in [0.2, 0.25) is 15.9 Å². The molecule has 0 radical (unpaired) electrons. The van der Waals surface area contributed by atoms with Crippen molar-refractivity contribution in [1.29, 1.82) is 0 Å². The summed E-state index contributed by atoms with van der Waals surface area (Å²) in [7, 11) is -3.53. The van der Waals surface area contributed by atoms with Crippen LogP contribution in [0, 0.1) is 6.92 Å². The number of carbonyl (C=O) groups excluding carboxylic acids is 1.